The molecule has 4 aliphatic carbocycles. The average molecular weight is 364 g/mol. The molecule has 4 aliphatic rings. The van der Waals surface area contributed by atoms with E-state index in [0.717, 1.165) is 17.8 Å². The SMILES string of the molecule is CC(C)C(=O)NCCNC(=O)CNC(=O)CC12CC3CC(CC(C3)C1)C2. The molecule has 0 spiro atoms. The van der Waals surface area contributed by atoms with Crippen molar-refractivity contribution in [3.63, 3.8) is 0 Å². The smallest absolute Gasteiger partial charge is 0.239 e. The number of hydrogen-bond acceptors (Lipinski definition) is 3. The fourth-order valence-corrected chi connectivity index (χ4v) is 5.74. The maximum atomic E-state index is 12.4. The number of hydrogen-bond donors (Lipinski definition) is 3. The van der Waals surface area contributed by atoms with Crippen LogP contribution in [-0.2, 0) is 14.4 Å². The quantitative estimate of drug-likeness (QED) is 0.573. The zero-order chi connectivity index (χ0) is 18.7. The normalized spacial score (nSPS) is 31.7. The lowest BCUT2D eigenvalue weighted by molar-refractivity contribution is -0.131. The average Bonchev–Trinajstić information content (AvgIpc) is 2.54. The Kier molecular flexibility index (Phi) is 5.88. The van der Waals surface area contributed by atoms with Gasteiger partial charge in [-0.15, -0.1) is 0 Å². The van der Waals surface area contributed by atoms with Gasteiger partial charge >= 0.3 is 0 Å². The second-order valence-corrected chi connectivity index (χ2v) is 9.17. The summed E-state index contributed by atoms with van der Waals surface area (Å²) in [6, 6.07) is 0. The van der Waals surface area contributed by atoms with Crippen molar-refractivity contribution in [2.24, 2.45) is 29.1 Å². The predicted molar refractivity (Wildman–Crippen MR) is 99.1 cm³/mol. The molecule has 0 aromatic heterocycles. The molecule has 0 radical (unpaired) electrons. The molecule has 3 N–H and O–H groups in total. The maximum absolute atomic E-state index is 12.4. The van der Waals surface area contributed by atoms with E-state index in [2.05, 4.69) is 16.0 Å². The standard InChI is InChI=1S/C20H33N3O3/c1-13(2)19(26)22-4-3-21-18(25)12-23-17(24)11-20-8-14-5-15(9-20)7-16(6-14)10-20/h13-16H,3-12H2,1-2H3,(H,21,25)(H,22,26)(H,23,24). The van der Waals surface area contributed by atoms with E-state index in [9.17, 15) is 14.4 Å². The van der Waals surface area contributed by atoms with E-state index in [-0.39, 0.29) is 35.6 Å². The Morgan fingerprint density at radius 2 is 1.38 bits per heavy atom. The van der Waals surface area contributed by atoms with E-state index in [1.165, 1.54) is 38.5 Å². The van der Waals surface area contributed by atoms with Crippen LogP contribution in [0.3, 0.4) is 0 Å². The molecule has 26 heavy (non-hydrogen) atoms. The van der Waals surface area contributed by atoms with Gasteiger partial charge in [-0.25, -0.2) is 0 Å². The highest BCUT2D eigenvalue weighted by Gasteiger charge is 2.51. The first-order valence-corrected chi connectivity index (χ1v) is 10.2. The highest BCUT2D eigenvalue weighted by molar-refractivity contribution is 5.85. The lowest BCUT2D eigenvalue weighted by Crippen LogP contribution is -2.48. The van der Waals surface area contributed by atoms with Gasteiger partial charge in [0.2, 0.25) is 17.7 Å². The molecule has 6 heteroatoms. The van der Waals surface area contributed by atoms with Crippen LogP contribution in [0.25, 0.3) is 0 Å². The summed E-state index contributed by atoms with van der Waals surface area (Å²) in [4.78, 5) is 35.7. The fraction of sp³-hybridized carbons (Fsp3) is 0.850. The van der Waals surface area contributed by atoms with Gasteiger partial charge in [0.1, 0.15) is 0 Å². The van der Waals surface area contributed by atoms with Gasteiger partial charge in [-0.2, -0.15) is 0 Å². The fourth-order valence-electron chi connectivity index (χ4n) is 5.74. The first kappa shape index (κ1) is 19.2. The van der Waals surface area contributed by atoms with E-state index in [1.807, 2.05) is 13.8 Å². The Balaban J connectivity index is 1.33. The van der Waals surface area contributed by atoms with Crippen LogP contribution in [0.15, 0.2) is 0 Å². The van der Waals surface area contributed by atoms with Crippen LogP contribution in [0, 0.1) is 29.1 Å². The molecule has 4 rings (SSSR count). The van der Waals surface area contributed by atoms with Gasteiger partial charge in [0.15, 0.2) is 0 Å². The van der Waals surface area contributed by atoms with Crippen molar-refractivity contribution in [2.45, 2.75) is 58.8 Å². The summed E-state index contributed by atoms with van der Waals surface area (Å²) >= 11 is 0. The van der Waals surface area contributed by atoms with Gasteiger partial charge in [-0.1, -0.05) is 13.8 Å². The third kappa shape index (κ3) is 4.77. The van der Waals surface area contributed by atoms with Crippen molar-refractivity contribution in [3.8, 4) is 0 Å². The number of carbonyl (C=O) groups is 3. The first-order chi connectivity index (χ1) is 12.3. The van der Waals surface area contributed by atoms with Gasteiger partial charge in [0.25, 0.3) is 0 Å². The van der Waals surface area contributed by atoms with E-state index in [0.29, 0.717) is 19.5 Å². The van der Waals surface area contributed by atoms with Crippen molar-refractivity contribution in [1.29, 1.82) is 0 Å². The molecule has 4 fully saturated rings. The third-order valence-corrected chi connectivity index (χ3v) is 6.42. The molecule has 0 heterocycles. The Morgan fingerprint density at radius 3 is 1.92 bits per heavy atom. The Morgan fingerprint density at radius 1 is 0.846 bits per heavy atom. The summed E-state index contributed by atoms with van der Waals surface area (Å²) in [5, 5.41) is 8.26. The van der Waals surface area contributed by atoms with Crippen LogP contribution >= 0.6 is 0 Å². The molecule has 0 aromatic carbocycles. The van der Waals surface area contributed by atoms with Crippen molar-refractivity contribution >= 4 is 17.7 Å². The van der Waals surface area contributed by atoms with Gasteiger partial charge in [0.05, 0.1) is 6.54 Å². The molecular weight excluding hydrogens is 330 g/mol. The minimum Gasteiger partial charge on any atom is -0.354 e. The van der Waals surface area contributed by atoms with Crippen molar-refractivity contribution < 1.29 is 14.4 Å². The first-order valence-electron chi connectivity index (χ1n) is 10.2. The van der Waals surface area contributed by atoms with Crippen molar-refractivity contribution in [2.75, 3.05) is 19.6 Å². The second kappa shape index (κ2) is 7.97. The molecule has 0 aliphatic heterocycles. The third-order valence-electron chi connectivity index (χ3n) is 6.42. The molecular formula is C20H33N3O3. The Hall–Kier alpha value is -1.59. The highest BCUT2D eigenvalue weighted by Crippen LogP contribution is 2.61. The van der Waals surface area contributed by atoms with E-state index in [4.69, 9.17) is 0 Å². The molecule has 146 valence electrons. The van der Waals surface area contributed by atoms with E-state index in [1.54, 1.807) is 0 Å². The lowest BCUT2D eigenvalue weighted by atomic mass is 9.49. The molecule has 0 unspecified atom stereocenters. The summed E-state index contributed by atoms with van der Waals surface area (Å²) in [5.74, 6) is 2.21. The molecule has 6 nitrogen and oxygen atoms in total. The largest absolute Gasteiger partial charge is 0.354 e. The topological polar surface area (TPSA) is 87.3 Å². The number of nitrogens with one attached hydrogen (secondary N) is 3. The summed E-state index contributed by atoms with van der Waals surface area (Å²) in [7, 11) is 0. The van der Waals surface area contributed by atoms with Crippen LogP contribution in [-0.4, -0.2) is 37.4 Å². The van der Waals surface area contributed by atoms with Gasteiger partial charge in [-0.3, -0.25) is 14.4 Å². The Labute approximate surface area is 156 Å². The van der Waals surface area contributed by atoms with Gasteiger partial charge in [0, 0.05) is 25.4 Å². The number of amides is 3. The van der Waals surface area contributed by atoms with Crippen LogP contribution in [0.1, 0.15) is 58.8 Å². The zero-order valence-electron chi connectivity index (χ0n) is 16.1. The van der Waals surface area contributed by atoms with E-state index < -0.39 is 0 Å². The van der Waals surface area contributed by atoms with Crippen LogP contribution < -0.4 is 16.0 Å². The van der Waals surface area contributed by atoms with Crippen molar-refractivity contribution in [1.82, 2.24) is 16.0 Å². The second-order valence-electron chi connectivity index (χ2n) is 9.17. The Bertz CT molecular complexity index is 523. The highest BCUT2D eigenvalue weighted by atomic mass is 16.2. The molecule has 4 saturated carbocycles. The predicted octanol–water partition coefficient (Wildman–Crippen LogP) is 1.60. The molecule has 0 aromatic rings. The minimum absolute atomic E-state index is 0.00945. The summed E-state index contributed by atoms with van der Waals surface area (Å²) in [6.07, 6.45) is 8.30. The summed E-state index contributed by atoms with van der Waals surface area (Å²) < 4.78 is 0. The molecule has 4 bridgehead atoms. The number of rotatable bonds is 8. The summed E-state index contributed by atoms with van der Waals surface area (Å²) in [6.45, 7) is 4.45. The summed E-state index contributed by atoms with van der Waals surface area (Å²) in [5.41, 5.74) is 0.205. The van der Waals surface area contributed by atoms with Crippen molar-refractivity contribution in [3.05, 3.63) is 0 Å². The zero-order valence-corrected chi connectivity index (χ0v) is 16.1. The van der Waals surface area contributed by atoms with Crippen LogP contribution in [0.2, 0.25) is 0 Å². The number of carbonyl (C=O) groups excluding carboxylic acids is 3. The molecule has 0 saturated heterocycles. The monoisotopic (exact) mass is 363 g/mol. The minimum atomic E-state index is -0.206. The van der Waals surface area contributed by atoms with Gasteiger partial charge < -0.3 is 16.0 Å². The lowest BCUT2D eigenvalue weighted by Gasteiger charge is -2.56. The molecule has 3 amide bonds. The van der Waals surface area contributed by atoms with Gasteiger partial charge in [-0.05, 0) is 61.7 Å². The van der Waals surface area contributed by atoms with E-state index >= 15 is 0 Å². The van der Waals surface area contributed by atoms with Crippen LogP contribution in [0.5, 0.6) is 0 Å². The van der Waals surface area contributed by atoms with Crippen LogP contribution in [0.4, 0.5) is 0 Å². The molecule has 0 atom stereocenters. The maximum Gasteiger partial charge on any atom is 0.239 e.